The Hall–Kier alpha value is -2.92. The number of ether oxygens (including phenoxy) is 2. The summed E-state index contributed by atoms with van der Waals surface area (Å²) in [6.07, 6.45) is 1.78. The monoisotopic (exact) mass is 366 g/mol. The molecule has 3 nitrogen and oxygen atoms in total. The first-order valence-corrected chi connectivity index (χ1v) is 8.98. The van der Waals surface area contributed by atoms with Crippen LogP contribution >= 0.6 is 11.3 Å². The summed E-state index contributed by atoms with van der Waals surface area (Å²) >= 11 is 1.57. The van der Waals surface area contributed by atoms with Crippen molar-refractivity contribution >= 4 is 23.2 Å². The largest absolute Gasteiger partial charge is 0.489 e. The standard InChI is InChI=1S/C21H15FO3S/c1-13-8-9-26-20(13)11-19-21(23)17-7-6-16(10-18(17)25-19)24-12-14-2-4-15(22)5-3-14/h2-11H,12H2,1H3. The predicted molar refractivity (Wildman–Crippen MR) is 99.2 cm³/mol. The molecular weight excluding hydrogens is 351 g/mol. The molecule has 2 aromatic carbocycles. The number of Topliss-reactive ketones (excluding diaryl/α,β-unsaturated/α-hetero) is 1. The highest BCUT2D eigenvalue weighted by atomic mass is 32.1. The molecule has 130 valence electrons. The van der Waals surface area contributed by atoms with Crippen molar-refractivity contribution in [1.29, 1.82) is 0 Å². The number of hydrogen-bond donors (Lipinski definition) is 0. The Balaban J connectivity index is 1.51. The normalized spacial score (nSPS) is 14.4. The van der Waals surface area contributed by atoms with Crippen LogP contribution in [0, 0.1) is 12.7 Å². The summed E-state index contributed by atoms with van der Waals surface area (Å²) in [6, 6.07) is 13.3. The minimum absolute atomic E-state index is 0.127. The number of hydrogen-bond acceptors (Lipinski definition) is 4. The van der Waals surface area contributed by atoms with Crippen LogP contribution in [0.2, 0.25) is 0 Å². The molecule has 0 N–H and O–H groups in total. The molecule has 0 atom stereocenters. The highest BCUT2D eigenvalue weighted by molar-refractivity contribution is 7.11. The smallest absolute Gasteiger partial charge is 0.232 e. The zero-order valence-corrected chi connectivity index (χ0v) is 14.8. The number of benzene rings is 2. The highest BCUT2D eigenvalue weighted by Crippen LogP contribution is 2.35. The third kappa shape index (κ3) is 3.26. The van der Waals surface area contributed by atoms with Crippen molar-refractivity contribution in [3.63, 3.8) is 0 Å². The fourth-order valence-electron chi connectivity index (χ4n) is 2.66. The second kappa shape index (κ2) is 6.77. The van der Waals surface area contributed by atoms with Gasteiger partial charge in [-0.25, -0.2) is 4.39 Å². The molecule has 0 saturated heterocycles. The summed E-state index contributed by atoms with van der Waals surface area (Å²) in [5.74, 6) is 0.999. The van der Waals surface area contributed by atoms with Crippen LogP contribution in [-0.4, -0.2) is 5.78 Å². The van der Waals surface area contributed by atoms with Gasteiger partial charge in [-0.3, -0.25) is 4.79 Å². The van der Waals surface area contributed by atoms with E-state index in [0.29, 0.717) is 29.4 Å². The van der Waals surface area contributed by atoms with Crippen LogP contribution in [0.3, 0.4) is 0 Å². The lowest BCUT2D eigenvalue weighted by Crippen LogP contribution is -1.97. The van der Waals surface area contributed by atoms with Gasteiger partial charge in [0.05, 0.1) is 5.56 Å². The molecule has 0 fully saturated rings. The van der Waals surface area contributed by atoms with E-state index in [1.54, 1.807) is 47.7 Å². The number of ketones is 1. The van der Waals surface area contributed by atoms with E-state index < -0.39 is 0 Å². The van der Waals surface area contributed by atoms with Gasteiger partial charge in [-0.1, -0.05) is 12.1 Å². The number of aryl methyl sites for hydroxylation is 1. The van der Waals surface area contributed by atoms with Gasteiger partial charge in [-0.2, -0.15) is 0 Å². The quantitative estimate of drug-likeness (QED) is 0.581. The van der Waals surface area contributed by atoms with Crippen LogP contribution < -0.4 is 9.47 Å². The molecular formula is C21H15FO3S. The molecule has 0 amide bonds. The third-order valence-corrected chi connectivity index (χ3v) is 5.09. The fraction of sp³-hybridized carbons (Fsp3) is 0.0952. The van der Waals surface area contributed by atoms with Gasteiger partial charge in [-0.15, -0.1) is 11.3 Å². The molecule has 3 aromatic rings. The zero-order chi connectivity index (χ0) is 18.1. The number of fused-ring (bicyclic) bond motifs is 1. The van der Waals surface area contributed by atoms with Gasteiger partial charge >= 0.3 is 0 Å². The number of carbonyl (C=O) groups is 1. The third-order valence-electron chi connectivity index (χ3n) is 4.12. The van der Waals surface area contributed by atoms with E-state index in [0.717, 1.165) is 16.0 Å². The van der Waals surface area contributed by atoms with Gasteiger partial charge < -0.3 is 9.47 Å². The summed E-state index contributed by atoms with van der Waals surface area (Å²) in [6.45, 7) is 2.31. The van der Waals surface area contributed by atoms with Crippen molar-refractivity contribution < 1.29 is 18.7 Å². The summed E-state index contributed by atoms with van der Waals surface area (Å²) in [4.78, 5) is 13.5. The summed E-state index contributed by atoms with van der Waals surface area (Å²) in [5, 5.41) is 1.98. The molecule has 4 rings (SSSR count). The van der Waals surface area contributed by atoms with Crippen molar-refractivity contribution in [2.24, 2.45) is 0 Å². The maximum Gasteiger partial charge on any atom is 0.232 e. The lowest BCUT2D eigenvalue weighted by Gasteiger charge is -2.07. The van der Waals surface area contributed by atoms with Crippen LogP contribution in [0.5, 0.6) is 11.5 Å². The molecule has 0 aliphatic carbocycles. The van der Waals surface area contributed by atoms with E-state index in [-0.39, 0.29) is 11.6 Å². The molecule has 0 saturated carbocycles. The molecule has 1 aromatic heterocycles. The van der Waals surface area contributed by atoms with Gasteiger partial charge in [0.1, 0.15) is 23.9 Å². The summed E-state index contributed by atoms with van der Waals surface area (Å²) in [7, 11) is 0. The van der Waals surface area contributed by atoms with Crippen molar-refractivity contribution in [2.75, 3.05) is 0 Å². The van der Waals surface area contributed by atoms with E-state index in [9.17, 15) is 9.18 Å². The summed E-state index contributed by atoms with van der Waals surface area (Å²) in [5.41, 5.74) is 2.50. The van der Waals surface area contributed by atoms with Gasteiger partial charge in [0.2, 0.25) is 5.78 Å². The average molecular weight is 366 g/mol. The Morgan fingerprint density at radius 3 is 2.69 bits per heavy atom. The number of allylic oxidation sites excluding steroid dienone is 1. The molecule has 1 aliphatic rings. The lowest BCUT2D eigenvalue weighted by atomic mass is 10.1. The molecule has 0 spiro atoms. The molecule has 0 unspecified atom stereocenters. The average Bonchev–Trinajstić information content (AvgIpc) is 3.18. The molecule has 0 radical (unpaired) electrons. The van der Waals surface area contributed by atoms with Gasteiger partial charge in [0, 0.05) is 17.0 Å². The Bertz CT molecular complexity index is 1000. The second-order valence-electron chi connectivity index (χ2n) is 5.98. The van der Waals surface area contributed by atoms with E-state index in [4.69, 9.17) is 9.47 Å². The van der Waals surface area contributed by atoms with Crippen molar-refractivity contribution in [3.8, 4) is 11.5 Å². The maximum atomic E-state index is 12.9. The topological polar surface area (TPSA) is 35.5 Å². The fourth-order valence-corrected chi connectivity index (χ4v) is 3.50. The number of thiophene rings is 1. The Morgan fingerprint density at radius 2 is 1.96 bits per heavy atom. The first kappa shape index (κ1) is 16.5. The predicted octanol–water partition coefficient (Wildman–Crippen LogP) is 5.39. The van der Waals surface area contributed by atoms with Crippen LogP contribution in [0.25, 0.3) is 6.08 Å². The minimum atomic E-state index is -0.279. The van der Waals surface area contributed by atoms with Crippen molar-refractivity contribution in [2.45, 2.75) is 13.5 Å². The number of rotatable bonds is 4. The molecule has 0 bridgehead atoms. The minimum Gasteiger partial charge on any atom is -0.489 e. The SMILES string of the molecule is Cc1ccsc1C=C1Oc2cc(OCc3ccc(F)cc3)ccc2C1=O. The van der Waals surface area contributed by atoms with Gasteiger partial charge in [0.25, 0.3) is 0 Å². The van der Waals surface area contributed by atoms with Crippen LogP contribution in [0.4, 0.5) is 4.39 Å². The highest BCUT2D eigenvalue weighted by Gasteiger charge is 2.28. The van der Waals surface area contributed by atoms with Crippen LogP contribution in [0.1, 0.15) is 26.4 Å². The van der Waals surface area contributed by atoms with E-state index in [1.807, 2.05) is 18.4 Å². The van der Waals surface area contributed by atoms with E-state index >= 15 is 0 Å². The van der Waals surface area contributed by atoms with E-state index in [1.165, 1.54) is 12.1 Å². The first-order valence-electron chi connectivity index (χ1n) is 8.10. The van der Waals surface area contributed by atoms with Gasteiger partial charge in [0.15, 0.2) is 5.76 Å². The second-order valence-corrected chi connectivity index (χ2v) is 6.93. The molecule has 1 aliphatic heterocycles. The molecule has 5 heteroatoms. The first-order chi connectivity index (χ1) is 12.6. The lowest BCUT2D eigenvalue weighted by molar-refractivity contribution is 0.101. The Morgan fingerprint density at radius 1 is 1.15 bits per heavy atom. The number of carbonyl (C=O) groups excluding carboxylic acids is 1. The maximum absolute atomic E-state index is 12.9. The Labute approximate surface area is 154 Å². The van der Waals surface area contributed by atoms with Crippen molar-refractivity contribution in [1.82, 2.24) is 0 Å². The zero-order valence-electron chi connectivity index (χ0n) is 14.0. The van der Waals surface area contributed by atoms with Crippen LogP contribution in [-0.2, 0) is 6.61 Å². The van der Waals surface area contributed by atoms with Crippen molar-refractivity contribution in [3.05, 3.63) is 87.1 Å². The van der Waals surface area contributed by atoms with E-state index in [2.05, 4.69) is 0 Å². The number of halogens is 1. The van der Waals surface area contributed by atoms with Gasteiger partial charge in [-0.05, 0) is 53.8 Å². The summed E-state index contributed by atoms with van der Waals surface area (Å²) < 4.78 is 24.4. The molecule has 2 heterocycles. The Kier molecular flexibility index (Phi) is 4.31. The van der Waals surface area contributed by atoms with Crippen LogP contribution in [0.15, 0.2) is 59.7 Å². The molecule has 26 heavy (non-hydrogen) atoms.